The normalized spacial score (nSPS) is 18.9. The van der Waals surface area contributed by atoms with Gasteiger partial charge in [0.05, 0.1) is 0 Å². The minimum atomic E-state index is -0.323. The summed E-state index contributed by atoms with van der Waals surface area (Å²) in [5, 5.41) is 2.80. The van der Waals surface area contributed by atoms with Crippen LogP contribution >= 0.6 is 0 Å². The number of piperidine rings is 1. The standard InChI is InChI=1S/C23H24FN3O3/c24-19-10-6-16(7-11-19)13-25-22(29)18-8-4-17(5-9-18)14-26-15-21(28)27-12-2-1-3-20(27)23(26)30/h4-11,20H,1-3,12-15H2,(H,25,29)/t20-/m1/s1. The number of halogens is 1. The summed E-state index contributed by atoms with van der Waals surface area (Å²) in [4.78, 5) is 40.8. The monoisotopic (exact) mass is 409 g/mol. The highest BCUT2D eigenvalue weighted by Crippen LogP contribution is 2.24. The number of nitrogens with zero attached hydrogens (tertiary/aromatic N) is 2. The summed E-state index contributed by atoms with van der Waals surface area (Å²) in [7, 11) is 0. The van der Waals surface area contributed by atoms with Gasteiger partial charge in [0.2, 0.25) is 11.8 Å². The zero-order valence-corrected chi connectivity index (χ0v) is 16.6. The fourth-order valence-electron chi connectivity index (χ4n) is 4.03. The molecule has 0 spiro atoms. The summed E-state index contributed by atoms with van der Waals surface area (Å²) in [6.07, 6.45) is 2.66. The Kier molecular flexibility index (Phi) is 5.79. The van der Waals surface area contributed by atoms with E-state index in [9.17, 15) is 18.8 Å². The van der Waals surface area contributed by atoms with Crippen LogP contribution in [-0.4, -0.2) is 46.7 Å². The maximum Gasteiger partial charge on any atom is 0.251 e. The zero-order valence-electron chi connectivity index (χ0n) is 16.6. The second-order valence-corrected chi connectivity index (χ2v) is 7.80. The predicted octanol–water partition coefficient (Wildman–Crippen LogP) is 2.48. The van der Waals surface area contributed by atoms with Crippen molar-refractivity contribution in [2.24, 2.45) is 0 Å². The molecule has 2 aromatic carbocycles. The zero-order chi connectivity index (χ0) is 21.1. The molecule has 1 N–H and O–H groups in total. The number of nitrogens with one attached hydrogen (secondary N) is 1. The average Bonchev–Trinajstić information content (AvgIpc) is 2.77. The first-order chi connectivity index (χ1) is 14.5. The number of benzene rings is 2. The van der Waals surface area contributed by atoms with E-state index in [1.165, 1.54) is 12.1 Å². The van der Waals surface area contributed by atoms with Gasteiger partial charge in [-0.2, -0.15) is 0 Å². The Morgan fingerprint density at radius 2 is 1.70 bits per heavy atom. The van der Waals surface area contributed by atoms with Crippen LogP contribution in [0.1, 0.15) is 40.7 Å². The van der Waals surface area contributed by atoms with E-state index in [-0.39, 0.29) is 36.1 Å². The largest absolute Gasteiger partial charge is 0.348 e. The third-order valence-electron chi connectivity index (χ3n) is 5.70. The van der Waals surface area contributed by atoms with Gasteiger partial charge in [0.1, 0.15) is 18.4 Å². The molecule has 7 heteroatoms. The molecule has 30 heavy (non-hydrogen) atoms. The number of carbonyl (C=O) groups excluding carboxylic acids is 3. The molecular formula is C23H24FN3O3. The fraction of sp³-hybridized carbons (Fsp3) is 0.348. The van der Waals surface area contributed by atoms with Crippen molar-refractivity contribution >= 4 is 17.7 Å². The van der Waals surface area contributed by atoms with Crippen LogP contribution in [0.4, 0.5) is 4.39 Å². The number of carbonyl (C=O) groups is 3. The van der Waals surface area contributed by atoms with Gasteiger partial charge in [-0.15, -0.1) is 0 Å². The highest BCUT2D eigenvalue weighted by molar-refractivity contribution is 5.95. The van der Waals surface area contributed by atoms with Crippen LogP contribution in [0, 0.1) is 5.82 Å². The maximum atomic E-state index is 13.0. The van der Waals surface area contributed by atoms with Crippen molar-refractivity contribution in [3.8, 4) is 0 Å². The number of piperazine rings is 1. The lowest BCUT2D eigenvalue weighted by molar-refractivity contribution is -0.158. The number of hydrogen-bond donors (Lipinski definition) is 1. The number of fused-ring (bicyclic) bond motifs is 1. The van der Waals surface area contributed by atoms with Crippen LogP contribution in [0.2, 0.25) is 0 Å². The SMILES string of the molecule is O=C(NCc1ccc(F)cc1)c1ccc(CN2CC(=O)N3CCCC[C@@H]3C2=O)cc1. The summed E-state index contributed by atoms with van der Waals surface area (Å²) in [6, 6.07) is 12.7. The van der Waals surface area contributed by atoms with E-state index in [2.05, 4.69) is 5.32 Å². The molecule has 2 aromatic rings. The van der Waals surface area contributed by atoms with E-state index < -0.39 is 0 Å². The first-order valence-electron chi connectivity index (χ1n) is 10.2. The summed E-state index contributed by atoms with van der Waals surface area (Å²) < 4.78 is 13.0. The van der Waals surface area contributed by atoms with Crippen LogP contribution in [0.25, 0.3) is 0 Å². The topological polar surface area (TPSA) is 69.7 Å². The Labute approximate surface area is 174 Å². The van der Waals surface area contributed by atoms with E-state index in [0.29, 0.717) is 25.2 Å². The molecule has 2 aliphatic heterocycles. The van der Waals surface area contributed by atoms with Crippen LogP contribution in [0.15, 0.2) is 48.5 Å². The number of rotatable bonds is 5. The molecular weight excluding hydrogens is 385 g/mol. The van der Waals surface area contributed by atoms with E-state index in [0.717, 1.165) is 30.4 Å². The van der Waals surface area contributed by atoms with E-state index in [4.69, 9.17) is 0 Å². The highest BCUT2D eigenvalue weighted by Gasteiger charge is 2.40. The molecule has 0 unspecified atom stereocenters. The van der Waals surface area contributed by atoms with Crippen molar-refractivity contribution in [1.29, 1.82) is 0 Å². The quantitative estimate of drug-likeness (QED) is 0.825. The highest BCUT2D eigenvalue weighted by atomic mass is 19.1. The third-order valence-corrected chi connectivity index (χ3v) is 5.70. The molecule has 0 aliphatic carbocycles. The van der Waals surface area contributed by atoms with E-state index in [1.54, 1.807) is 46.2 Å². The van der Waals surface area contributed by atoms with Gasteiger partial charge in [-0.25, -0.2) is 4.39 Å². The van der Waals surface area contributed by atoms with Crippen LogP contribution in [0.5, 0.6) is 0 Å². The van der Waals surface area contributed by atoms with Crippen molar-refractivity contribution in [3.63, 3.8) is 0 Å². The Morgan fingerprint density at radius 1 is 1.00 bits per heavy atom. The van der Waals surface area contributed by atoms with Gasteiger partial charge in [0.25, 0.3) is 5.91 Å². The lowest BCUT2D eigenvalue weighted by atomic mass is 9.98. The number of hydrogen-bond acceptors (Lipinski definition) is 3. The van der Waals surface area contributed by atoms with Gasteiger partial charge >= 0.3 is 0 Å². The predicted molar refractivity (Wildman–Crippen MR) is 109 cm³/mol. The molecule has 6 nitrogen and oxygen atoms in total. The second-order valence-electron chi connectivity index (χ2n) is 7.80. The van der Waals surface area contributed by atoms with Gasteiger partial charge in [0.15, 0.2) is 0 Å². The molecule has 156 valence electrons. The lowest BCUT2D eigenvalue weighted by Gasteiger charge is -2.42. The van der Waals surface area contributed by atoms with Crippen molar-refractivity contribution < 1.29 is 18.8 Å². The van der Waals surface area contributed by atoms with Gasteiger partial charge < -0.3 is 15.1 Å². The van der Waals surface area contributed by atoms with Crippen molar-refractivity contribution in [3.05, 3.63) is 71.0 Å². The summed E-state index contributed by atoms with van der Waals surface area (Å²) in [5.74, 6) is -0.523. The molecule has 3 amide bonds. The lowest BCUT2D eigenvalue weighted by Crippen LogP contribution is -2.60. The average molecular weight is 409 g/mol. The fourth-order valence-corrected chi connectivity index (χ4v) is 4.03. The Balaban J connectivity index is 1.35. The van der Waals surface area contributed by atoms with Gasteiger partial charge in [-0.3, -0.25) is 14.4 Å². The molecule has 2 fully saturated rings. The molecule has 2 saturated heterocycles. The first-order valence-corrected chi connectivity index (χ1v) is 10.2. The summed E-state index contributed by atoms with van der Waals surface area (Å²) in [5.41, 5.74) is 2.18. The molecule has 1 atom stereocenters. The summed E-state index contributed by atoms with van der Waals surface area (Å²) >= 11 is 0. The Morgan fingerprint density at radius 3 is 2.43 bits per heavy atom. The van der Waals surface area contributed by atoms with Crippen molar-refractivity contribution in [2.75, 3.05) is 13.1 Å². The third kappa shape index (κ3) is 4.35. The van der Waals surface area contributed by atoms with Gasteiger partial charge in [-0.1, -0.05) is 24.3 Å². The molecule has 2 aliphatic rings. The van der Waals surface area contributed by atoms with Gasteiger partial charge in [-0.05, 0) is 54.7 Å². The van der Waals surface area contributed by atoms with E-state index in [1.807, 2.05) is 0 Å². The van der Waals surface area contributed by atoms with Crippen LogP contribution in [-0.2, 0) is 22.7 Å². The smallest absolute Gasteiger partial charge is 0.251 e. The minimum absolute atomic E-state index is 0.00965. The van der Waals surface area contributed by atoms with Crippen LogP contribution < -0.4 is 5.32 Å². The van der Waals surface area contributed by atoms with Crippen molar-refractivity contribution in [1.82, 2.24) is 15.1 Å². The molecule has 4 rings (SSSR count). The van der Waals surface area contributed by atoms with Crippen molar-refractivity contribution in [2.45, 2.75) is 38.4 Å². The van der Waals surface area contributed by atoms with Gasteiger partial charge in [0, 0.05) is 25.2 Å². The Hall–Kier alpha value is -3.22. The van der Waals surface area contributed by atoms with E-state index >= 15 is 0 Å². The molecule has 0 bridgehead atoms. The second kappa shape index (κ2) is 8.65. The Bertz CT molecular complexity index is 943. The summed E-state index contributed by atoms with van der Waals surface area (Å²) in [6.45, 7) is 1.44. The van der Waals surface area contributed by atoms with Crippen LogP contribution in [0.3, 0.4) is 0 Å². The molecule has 0 saturated carbocycles. The maximum absolute atomic E-state index is 13.0. The molecule has 0 aromatic heterocycles. The minimum Gasteiger partial charge on any atom is -0.348 e. The first kappa shape index (κ1) is 20.1. The molecule has 2 heterocycles. The molecule has 0 radical (unpaired) electrons. The number of amides is 3.